The highest BCUT2D eigenvalue weighted by molar-refractivity contribution is 5.89. The van der Waals surface area contributed by atoms with Crippen LogP contribution in [0.15, 0.2) is 24.8 Å². The molecule has 0 unspecified atom stereocenters. The molecule has 0 aromatic carbocycles. The van der Waals surface area contributed by atoms with Crippen molar-refractivity contribution >= 4 is 11.6 Å². The van der Waals surface area contributed by atoms with Gasteiger partial charge in [-0.3, -0.25) is 4.98 Å². The molecule has 1 N–H and O–H groups in total. The van der Waals surface area contributed by atoms with Crippen LogP contribution in [-0.4, -0.2) is 40.7 Å². The minimum Gasteiger partial charge on any atom is -0.478 e. The van der Waals surface area contributed by atoms with Gasteiger partial charge < -0.3 is 9.67 Å². The Morgan fingerprint density at radius 3 is 2.62 bits per heavy atom. The summed E-state index contributed by atoms with van der Waals surface area (Å²) in [4.78, 5) is 14.7. The van der Waals surface area contributed by atoms with Gasteiger partial charge in [0.1, 0.15) is 0 Å². The van der Waals surface area contributed by atoms with E-state index < -0.39 is 23.3 Å². The number of alkyl halides is 3. The first kappa shape index (κ1) is 13.0. The molecular formula is C10H5F3N6O2. The first-order valence-electron chi connectivity index (χ1n) is 5.43. The van der Waals surface area contributed by atoms with Gasteiger partial charge in [-0.15, -0.1) is 5.10 Å². The highest BCUT2D eigenvalue weighted by atomic mass is 19.4. The normalized spacial score (nSPS) is 12.0. The maximum Gasteiger partial charge on any atom is 0.418 e. The standard InChI is InChI=1S/C10H5F3N6O2/c11-10(12,13)6-4-18(3-5(6)9(20)21)8-2-14-1-7-15-16-17-19(7)8/h1-4H,(H,20,21). The third-order valence-corrected chi connectivity index (χ3v) is 2.72. The molecule has 0 aliphatic rings. The molecule has 0 spiro atoms. The maximum absolute atomic E-state index is 12.9. The summed E-state index contributed by atoms with van der Waals surface area (Å²) in [6.45, 7) is 0. The Kier molecular flexibility index (Phi) is 2.64. The van der Waals surface area contributed by atoms with Crippen LogP contribution in [0.1, 0.15) is 15.9 Å². The van der Waals surface area contributed by atoms with E-state index in [1.54, 1.807) is 0 Å². The molecule has 0 bridgehead atoms. The van der Waals surface area contributed by atoms with E-state index in [-0.39, 0.29) is 11.5 Å². The summed E-state index contributed by atoms with van der Waals surface area (Å²) < 4.78 is 40.7. The maximum atomic E-state index is 12.9. The van der Waals surface area contributed by atoms with Gasteiger partial charge in [-0.05, 0) is 10.4 Å². The van der Waals surface area contributed by atoms with Gasteiger partial charge in [0.05, 0.1) is 23.5 Å². The molecule has 3 heterocycles. The van der Waals surface area contributed by atoms with E-state index >= 15 is 0 Å². The third kappa shape index (κ3) is 2.07. The van der Waals surface area contributed by atoms with Crippen molar-refractivity contribution in [3.05, 3.63) is 35.9 Å². The van der Waals surface area contributed by atoms with E-state index in [0.717, 1.165) is 15.3 Å². The third-order valence-electron chi connectivity index (χ3n) is 2.72. The molecule has 0 aliphatic carbocycles. The molecule has 11 heteroatoms. The van der Waals surface area contributed by atoms with E-state index in [0.29, 0.717) is 6.20 Å². The Bertz CT molecular complexity index is 837. The second-order valence-electron chi connectivity index (χ2n) is 4.01. The molecule has 0 radical (unpaired) electrons. The number of aromatic nitrogens is 6. The number of halogens is 3. The lowest BCUT2D eigenvalue weighted by atomic mass is 10.2. The molecule has 0 atom stereocenters. The number of nitrogens with zero attached hydrogens (tertiary/aromatic N) is 6. The number of rotatable bonds is 2. The molecule has 3 aromatic rings. The quantitative estimate of drug-likeness (QED) is 0.758. The van der Waals surface area contributed by atoms with E-state index in [1.807, 2.05) is 0 Å². The van der Waals surface area contributed by atoms with Crippen molar-refractivity contribution < 1.29 is 23.1 Å². The number of carboxylic acids is 1. The average molecular weight is 298 g/mol. The van der Waals surface area contributed by atoms with Crippen molar-refractivity contribution in [1.82, 2.24) is 29.6 Å². The van der Waals surface area contributed by atoms with E-state index in [2.05, 4.69) is 20.5 Å². The molecule has 3 aromatic heterocycles. The summed E-state index contributed by atoms with van der Waals surface area (Å²) in [5.74, 6) is -1.60. The fourth-order valence-corrected chi connectivity index (χ4v) is 1.82. The van der Waals surface area contributed by atoms with Crippen molar-refractivity contribution in [2.24, 2.45) is 0 Å². The predicted octanol–water partition coefficient (Wildman–Crippen LogP) is 1.03. The van der Waals surface area contributed by atoms with Crippen LogP contribution in [0.3, 0.4) is 0 Å². The van der Waals surface area contributed by atoms with Crippen LogP contribution in [0.25, 0.3) is 11.5 Å². The molecular weight excluding hydrogens is 293 g/mol. The number of carbonyl (C=O) groups is 1. The minimum atomic E-state index is -4.79. The predicted molar refractivity (Wildman–Crippen MR) is 59.9 cm³/mol. The topological polar surface area (TPSA) is 98.2 Å². The summed E-state index contributed by atoms with van der Waals surface area (Å²) in [5.41, 5.74) is -1.92. The van der Waals surface area contributed by atoms with Crippen LogP contribution >= 0.6 is 0 Å². The molecule has 0 amide bonds. The largest absolute Gasteiger partial charge is 0.478 e. The fraction of sp³-hybridized carbons (Fsp3) is 0.100. The first-order chi connectivity index (χ1) is 9.88. The molecule has 108 valence electrons. The van der Waals surface area contributed by atoms with Crippen molar-refractivity contribution in [3.8, 4) is 5.82 Å². The number of tetrazole rings is 1. The lowest BCUT2D eigenvalue weighted by Crippen LogP contribution is -2.09. The molecule has 0 saturated carbocycles. The fourth-order valence-electron chi connectivity index (χ4n) is 1.82. The van der Waals surface area contributed by atoms with E-state index in [9.17, 15) is 18.0 Å². The van der Waals surface area contributed by atoms with Gasteiger partial charge in [-0.2, -0.15) is 17.7 Å². The molecule has 8 nitrogen and oxygen atoms in total. The molecule has 0 fully saturated rings. The zero-order valence-electron chi connectivity index (χ0n) is 9.98. The Balaban J connectivity index is 2.24. The molecule has 0 aliphatic heterocycles. The summed E-state index contributed by atoms with van der Waals surface area (Å²) >= 11 is 0. The zero-order valence-corrected chi connectivity index (χ0v) is 9.98. The van der Waals surface area contributed by atoms with Gasteiger partial charge in [-0.1, -0.05) is 0 Å². The number of fused-ring (bicyclic) bond motifs is 1. The lowest BCUT2D eigenvalue weighted by molar-refractivity contribution is -0.138. The number of carboxylic acid groups (broad SMARTS) is 1. The van der Waals surface area contributed by atoms with Gasteiger partial charge in [0.15, 0.2) is 11.5 Å². The van der Waals surface area contributed by atoms with Crippen molar-refractivity contribution in [2.75, 3.05) is 0 Å². The second kappa shape index (κ2) is 4.26. The van der Waals surface area contributed by atoms with E-state index in [4.69, 9.17) is 5.11 Å². The van der Waals surface area contributed by atoms with Gasteiger partial charge in [0.2, 0.25) is 0 Å². The summed E-state index contributed by atoms with van der Waals surface area (Å²) in [7, 11) is 0. The SMILES string of the molecule is O=C(O)c1cn(-c2cncc3nnnn23)cc1C(F)(F)F. The summed E-state index contributed by atoms with van der Waals surface area (Å²) in [5, 5.41) is 19.5. The summed E-state index contributed by atoms with van der Waals surface area (Å²) in [6.07, 6.45) is -0.767. The highest BCUT2D eigenvalue weighted by Crippen LogP contribution is 2.33. The minimum absolute atomic E-state index is 0.0792. The summed E-state index contributed by atoms with van der Waals surface area (Å²) in [6, 6.07) is 0. The van der Waals surface area contributed by atoms with Crippen LogP contribution in [0.5, 0.6) is 0 Å². The lowest BCUT2D eigenvalue weighted by Gasteiger charge is -2.05. The smallest absolute Gasteiger partial charge is 0.418 e. The van der Waals surface area contributed by atoms with Crippen molar-refractivity contribution in [2.45, 2.75) is 6.18 Å². The number of hydrogen-bond acceptors (Lipinski definition) is 5. The van der Waals surface area contributed by atoms with Crippen molar-refractivity contribution in [1.29, 1.82) is 0 Å². The average Bonchev–Trinajstić information content (AvgIpc) is 3.04. The molecule has 21 heavy (non-hydrogen) atoms. The first-order valence-corrected chi connectivity index (χ1v) is 5.43. The van der Waals surface area contributed by atoms with Gasteiger partial charge in [-0.25, -0.2) is 4.79 Å². The Morgan fingerprint density at radius 1 is 1.24 bits per heavy atom. The van der Waals surface area contributed by atoms with Crippen LogP contribution in [-0.2, 0) is 6.18 Å². The van der Waals surface area contributed by atoms with Crippen LogP contribution in [0.2, 0.25) is 0 Å². The van der Waals surface area contributed by atoms with Crippen LogP contribution < -0.4 is 0 Å². The van der Waals surface area contributed by atoms with Gasteiger partial charge in [0.25, 0.3) is 0 Å². The van der Waals surface area contributed by atoms with Gasteiger partial charge in [0, 0.05) is 12.4 Å². The van der Waals surface area contributed by atoms with Crippen LogP contribution in [0, 0.1) is 0 Å². The number of aromatic carboxylic acids is 1. The molecule has 3 rings (SSSR count). The van der Waals surface area contributed by atoms with Crippen molar-refractivity contribution in [3.63, 3.8) is 0 Å². The number of hydrogen-bond donors (Lipinski definition) is 1. The monoisotopic (exact) mass is 298 g/mol. The Hall–Kier alpha value is -2.98. The van der Waals surface area contributed by atoms with Gasteiger partial charge >= 0.3 is 12.1 Å². The zero-order chi connectivity index (χ0) is 15.2. The second-order valence-corrected chi connectivity index (χ2v) is 4.01. The van der Waals surface area contributed by atoms with Crippen LogP contribution in [0.4, 0.5) is 13.2 Å². The Labute approximate surface area is 113 Å². The Morgan fingerprint density at radius 2 is 2.00 bits per heavy atom. The highest BCUT2D eigenvalue weighted by Gasteiger charge is 2.37. The molecule has 0 saturated heterocycles. The van der Waals surface area contributed by atoms with E-state index in [1.165, 1.54) is 12.4 Å².